The van der Waals surface area contributed by atoms with Crippen LogP contribution in [0.2, 0.25) is 0 Å². The van der Waals surface area contributed by atoms with Gasteiger partial charge in [0, 0.05) is 40.9 Å². The highest BCUT2D eigenvalue weighted by atomic mass is 19.4. The monoisotopic (exact) mass is 773 g/mol. The molecule has 5 aromatic rings. The number of aromatic hydroxyl groups is 1. The van der Waals surface area contributed by atoms with Gasteiger partial charge in [0.05, 0.1) is 16.9 Å². The summed E-state index contributed by atoms with van der Waals surface area (Å²) < 4.78 is 57.2. The molecule has 4 heterocycles. The van der Waals surface area contributed by atoms with Gasteiger partial charge < -0.3 is 19.9 Å². The number of anilines is 1. The van der Waals surface area contributed by atoms with E-state index in [-0.39, 0.29) is 53.3 Å². The van der Waals surface area contributed by atoms with E-state index in [9.17, 15) is 37.1 Å². The van der Waals surface area contributed by atoms with Crippen LogP contribution >= 0.6 is 0 Å². The molecule has 13 nitrogen and oxygen atoms in total. The summed E-state index contributed by atoms with van der Waals surface area (Å²) in [5.74, 6) is -2.70. The van der Waals surface area contributed by atoms with Crippen molar-refractivity contribution in [3.8, 4) is 17.1 Å². The topological polar surface area (TPSA) is 151 Å². The van der Waals surface area contributed by atoms with Crippen molar-refractivity contribution in [3.63, 3.8) is 0 Å². The predicted octanol–water partition coefficient (Wildman–Crippen LogP) is 5.39. The number of fused-ring (bicyclic) bond motifs is 3. The van der Waals surface area contributed by atoms with Crippen LogP contribution in [-0.2, 0) is 28.5 Å². The molecule has 3 aromatic heterocycles. The van der Waals surface area contributed by atoms with Crippen molar-refractivity contribution < 1.29 is 32.3 Å². The molecular formula is C39H39F4N9O4. The molecule has 2 N–H and O–H groups in total. The number of amides is 2. The molecule has 1 saturated heterocycles. The van der Waals surface area contributed by atoms with Gasteiger partial charge in [-0.05, 0) is 82.8 Å². The second-order valence-electron chi connectivity index (χ2n) is 15.4. The lowest BCUT2D eigenvalue weighted by Gasteiger charge is -2.39. The van der Waals surface area contributed by atoms with Crippen LogP contribution in [0, 0.1) is 12.7 Å². The Kier molecular flexibility index (Phi) is 8.78. The van der Waals surface area contributed by atoms with E-state index < -0.39 is 52.6 Å². The number of rotatable bonds is 7. The average Bonchev–Trinajstić information content (AvgIpc) is 3.77. The molecule has 17 heteroatoms. The van der Waals surface area contributed by atoms with Crippen LogP contribution in [0.25, 0.3) is 17.2 Å². The molecule has 8 rings (SSSR count). The van der Waals surface area contributed by atoms with E-state index in [1.54, 1.807) is 16.4 Å². The Labute approximate surface area is 318 Å². The van der Waals surface area contributed by atoms with Gasteiger partial charge in [-0.3, -0.25) is 19.3 Å². The molecule has 1 unspecified atom stereocenters. The first kappa shape index (κ1) is 37.2. The Bertz CT molecular complexity index is 2470. The van der Waals surface area contributed by atoms with E-state index in [4.69, 9.17) is 4.98 Å². The maximum atomic E-state index is 14.8. The van der Waals surface area contributed by atoms with Crippen LogP contribution in [0.5, 0.6) is 5.75 Å². The summed E-state index contributed by atoms with van der Waals surface area (Å²) in [6.45, 7) is 3.55. The third kappa shape index (κ3) is 6.08. The fourth-order valence-electron chi connectivity index (χ4n) is 8.68. The van der Waals surface area contributed by atoms with Crippen LogP contribution in [0.4, 0.5) is 23.2 Å². The molecule has 3 aliphatic rings. The summed E-state index contributed by atoms with van der Waals surface area (Å²) in [7, 11) is 4.08. The lowest BCUT2D eigenvalue weighted by atomic mass is 9.73. The normalized spacial score (nSPS) is 18.4. The van der Waals surface area contributed by atoms with Gasteiger partial charge in [0.15, 0.2) is 17.3 Å². The molecule has 1 spiro atoms. The highest BCUT2D eigenvalue weighted by molar-refractivity contribution is 5.95. The van der Waals surface area contributed by atoms with Crippen molar-refractivity contribution >= 4 is 23.3 Å². The fraction of sp³-hybridized carbons (Fsp3) is 0.410. The molecule has 0 bridgehead atoms. The van der Waals surface area contributed by atoms with Gasteiger partial charge in [0.25, 0.3) is 11.5 Å². The number of benzene rings is 2. The van der Waals surface area contributed by atoms with E-state index in [1.165, 1.54) is 10.8 Å². The minimum absolute atomic E-state index is 0.0322. The first-order valence-corrected chi connectivity index (χ1v) is 18.3. The molecule has 292 valence electrons. The number of carbonyl (C=O) groups excluding carboxylic acids is 2. The quantitative estimate of drug-likeness (QED) is 0.208. The van der Waals surface area contributed by atoms with Crippen LogP contribution in [0.15, 0.2) is 53.6 Å². The summed E-state index contributed by atoms with van der Waals surface area (Å²) >= 11 is 0. The summed E-state index contributed by atoms with van der Waals surface area (Å²) in [6, 6.07) is 9.68. The summed E-state index contributed by atoms with van der Waals surface area (Å²) in [4.78, 5) is 58.2. The van der Waals surface area contributed by atoms with E-state index in [1.807, 2.05) is 45.3 Å². The van der Waals surface area contributed by atoms with Gasteiger partial charge >= 0.3 is 6.18 Å². The number of nitrogens with zero attached hydrogens (tertiary/aromatic N) is 8. The minimum Gasteiger partial charge on any atom is -0.504 e. The van der Waals surface area contributed by atoms with Crippen LogP contribution in [0.3, 0.4) is 0 Å². The second-order valence-corrected chi connectivity index (χ2v) is 15.4. The molecule has 1 aliphatic heterocycles. The molecule has 2 amide bonds. The van der Waals surface area contributed by atoms with Gasteiger partial charge in [-0.1, -0.05) is 31.2 Å². The van der Waals surface area contributed by atoms with Gasteiger partial charge in [0.2, 0.25) is 11.7 Å². The summed E-state index contributed by atoms with van der Waals surface area (Å²) in [6.07, 6.45) is -0.194. The number of nitrogens with one attached hydrogen (secondary N) is 1. The van der Waals surface area contributed by atoms with Gasteiger partial charge in [0.1, 0.15) is 18.7 Å². The molecular weight excluding hydrogens is 734 g/mol. The number of hydrogen-bond donors (Lipinski definition) is 2. The van der Waals surface area contributed by atoms with Gasteiger partial charge in [-0.15, -0.1) is 5.10 Å². The third-order valence-electron chi connectivity index (χ3n) is 11.8. The Morgan fingerprint density at radius 1 is 1.04 bits per heavy atom. The maximum absolute atomic E-state index is 14.8. The second kappa shape index (κ2) is 13.2. The number of halogens is 4. The van der Waals surface area contributed by atoms with E-state index in [0.717, 1.165) is 24.5 Å². The van der Waals surface area contributed by atoms with Crippen LogP contribution < -0.4 is 10.9 Å². The third-order valence-corrected chi connectivity index (χ3v) is 11.8. The predicted molar refractivity (Wildman–Crippen MR) is 196 cm³/mol. The van der Waals surface area contributed by atoms with Crippen molar-refractivity contribution in [2.45, 2.75) is 75.5 Å². The SMILES string of the molecule is Cc1ncnc(C(=O)N2CCC3(CC2)CC(C)c2c3c(=O)n3nc(-c4ccc(C5(N(C)C)CC5)cc4)nc3n2CC(=O)Nc2ccc(C(F)(F)F)cc2F)c1O. The molecule has 1 saturated carbocycles. The highest BCUT2D eigenvalue weighted by Crippen LogP contribution is 2.51. The Morgan fingerprint density at radius 2 is 1.73 bits per heavy atom. The minimum atomic E-state index is -4.77. The number of carbonyl (C=O) groups is 2. The first-order chi connectivity index (χ1) is 26.5. The van der Waals surface area contributed by atoms with E-state index >= 15 is 0 Å². The lowest BCUT2D eigenvalue weighted by molar-refractivity contribution is -0.137. The number of piperidine rings is 1. The molecule has 56 heavy (non-hydrogen) atoms. The number of aromatic nitrogens is 6. The maximum Gasteiger partial charge on any atom is 0.416 e. The summed E-state index contributed by atoms with van der Waals surface area (Å²) in [5.41, 5.74) is 0.161. The first-order valence-electron chi connectivity index (χ1n) is 18.3. The van der Waals surface area contributed by atoms with Crippen LogP contribution in [0.1, 0.15) is 83.5 Å². The Morgan fingerprint density at radius 3 is 2.36 bits per heavy atom. The number of aryl methyl sites for hydroxylation is 1. The molecule has 2 aromatic carbocycles. The van der Waals surface area contributed by atoms with Crippen molar-refractivity contribution in [2.24, 2.45) is 0 Å². The highest BCUT2D eigenvalue weighted by Gasteiger charge is 2.50. The van der Waals surface area contributed by atoms with Crippen molar-refractivity contribution in [3.05, 3.63) is 98.7 Å². The zero-order valence-electron chi connectivity index (χ0n) is 31.1. The lowest BCUT2D eigenvalue weighted by Crippen LogP contribution is -2.46. The van der Waals surface area contributed by atoms with Crippen LogP contribution in [-0.4, -0.2) is 83.0 Å². The molecule has 2 fully saturated rings. The molecule has 2 aliphatic carbocycles. The zero-order valence-corrected chi connectivity index (χ0v) is 31.1. The number of alkyl halides is 3. The summed E-state index contributed by atoms with van der Waals surface area (Å²) in [5, 5.41) is 17.5. The van der Waals surface area contributed by atoms with Crippen molar-refractivity contribution in [2.75, 3.05) is 32.5 Å². The van der Waals surface area contributed by atoms with Crippen molar-refractivity contribution in [1.82, 2.24) is 38.9 Å². The molecule has 1 atom stereocenters. The largest absolute Gasteiger partial charge is 0.504 e. The average molecular weight is 774 g/mol. The number of hydrogen-bond acceptors (Lipinski definition) is 9. The molecule has 0 radical (unpaired) electrons. The smallest absolute Gasteiger partial charge is 0.416 e. The van der Waals surface area contributed by atoms with Gasteiger partial charge in [-0.2, -0.15) is 22.7 Å². The fourth-order valence-corrected chi connectivity index (χ4v) is 8.68. The number of likely N-dealkylation sites (tertiary alicyclic amines) is 1. The van der Waals surface area contributed by atoms with E-state index in [2.05, 4.69) is 25.3 Å². The standard InChI is InChI=1S/C39H39F4N9O4/c1-21-18-37(13-15-50(16-14-37)35(56)30-32(54)22(2)44-20-45-30)29-31(21)51(19-28(53)46-27-10-9-25(17-26(27)40)39(41,42)43)36-47-33(48-52(36)34(29)55)23-5-7-24(8-6-23)38(11-12-38)49(3)4/h5-10,17,20-21,54H,11-16,18-19H2,1-4H3,(H,46,53). The Hall–Kier alpha value is -5.71. The zero-order chi connectivity index (χ0) is 39.9. The van der Waals surface area contributed by atoms with Gasteiger partial charge in [-0.25, -0.2) is 14.4 Å². The van der Waals surface area contributed by atoms with E-state index in [0.29, 0.717) is 48.2 Å². The Balaban J connectivity index is 1.18. The van der Waals surface area contributed by atoms with Crippen molar-refractivity contribution in [1.29, 1.82) is 0 Å².